The summed E-state index contributed by atoms with van der Waals surface area (Å²) in [5, 5.41) is 3.21. The SMILES string of the molecule is CNCC1CC(=O)C2=C(C1)O[C@@H]1C(=C2)C=C[C@@]2(C)[C@H]1C[C@@H](OC)[C@@H]2c1cccnc1. The Morgan fingerprint density at radius 3 is 2.97 bits per heavy atom. The Balaban J connectivity index is 1.50. The van der Waals surface area contributed by atoms with E-state index in [1.807, 2.05) is 25.5 Å². The van der Waals surface area contributed by atoms with Gasteiger partial charge in [-0.2, -0.15) is 0 Å². The molecular weight excluding hydrogens is 376 g/mol. The summed E-state index contributed by atoms with van der Waals surface area (Å²) in [5.41, 5.74) is 3.03. The third kappa shape index (κ3) is 2.98. The molecule has 0 spiro atoms. The number of ketones is 1. The molecule has 1 saturated carbocycles. The van der Waals surface area contributed by atoms with Crippen molar-refractivity contribution in [2.24, 2.45) is 17.3 Å². The monoisotopic (exact) mass is 406 g/mol. The van der Waals surface area contributed by atoms with Gasteiger partial charge >= 0.3 is 0 Å². The van der Waals surface area contributed by atoms with Gasteiger partial charge in [0.1, 0.15) is 11.9 Å². The molecule has 5 nitrogen and oxygen atoms in total. The number of carbonyl (C=O) groups is 1. The van der Waals surface area contributed by atoms with Gasteiger partial charge in [0.15, 0.2) is 5.78 Å². The molecule has 5 rings (SSSR count). The van der Waals surface area contributed by atoms with E-state index in [2.05, 4.69) is 41.5 Å². The maximum atomic E-state index is 12.8. The highest BCUT2D eigenvalue weighted by Crippen LogP contribution is 2.60. The molecule has 1 unspecified atom stereocenters. The molecule has 1 aromatic rings. The van der Waals surface area contributed by atoms with Gasteiger partial charge in [-0.05, 0) is 49.2 Å². The third-order valence-corrected chi connectivity index (χ3v) is 7.62. The second-order valence-corrected chi connectivity index (χ2v) is 9.35. The molecule has 1 aromatic heterocycles. The van der Waals surface area contributed by atoms with E-state index in [4.69, 9.17) is 9.47 Å². The Labute approximate surface area is 178 Å². The normalized spacial score (nSPS) is 37.2. The summed E-state index contributed by atoms with van der Waals surface area (Å²) in [4.78, 5) is 17.1. The van der Waals surface area contributed by atoms with Crippen molar-refractivity contribution in [1.29, 1.82) is 0 Å². The number of pyridine rings is 1. The van der Waals surface area contributed by atoms with Crippen LogP contribution in [-0.4, -0.2) is 43.7 Å². The zero-order chi connectivity index (χ0) is 20.9. The highest BCUT2D eigenvalue weighted by molar-refractivity contribution is 6.00. The predicted molar refractivity (Wildman–Crippen MR) is 115 cm³/mol. The summed E-state index contributed by atoms with van der Waals surface area (Å²) in [7, 11) is 3.74. The summed E-state index contributed by atoms with van der Waals surface area (Å²) >= 11 is 0. The lowest BCUT2D eigenvalue weighted by Gasteiger charge is -2.44. The predicted octanol–water partition coefficient (Wildman–Crippen LogP) is 3.55. The zero-order valence-corrected chi connectivity index (χ0v) is 17.9. The number of hydrogen-bond donors (Lipinski definition) is 1. The quantitative estimate of drug-likeness (QED) is 0.829. The minimum Gasteiger partial charge on any atom is -0.489 e. The number of carbonyl (C=O) groups excluding carboxylic acids is 1. The van der Waals surface area contributed by atoms with Gasteiger partial charge in [0.05, 0.1) is 11.7 Å². The molecule has 3 aliphatic carbocycles. The number of ether oxygens (including phenoxy) is 2. The Morgan fingerprint density at radius 1 is 1.37 bits per heavy atom. The third-order valence-electron chi connectivity index (χ3n) is 7.62. The Hall–Kier alpha value is -2.24. The van der Waals surface area contributed by atoms with Crippen LogP contribution in [0.4, 0.5) is 0 Å². The molecule has 1 aliphatic heterocycles. The van der Waals surface area contributed by atoms with E-state index in [1.54, 1.807) is 7.11 Å². The Kier molecular flexibility index (Phi) is 4.91. The number of methoxy groups -OCH3 is 1. The van der Waals surface area contributed by atoms with Gasteiger partial charge in [0, 0.05) is 49.6 Å². The van der Waals surface area contributed by atoms with Gasteiger partial charge in [-0.25, -0.2) is 0 Å². The first-order valence-corrected chi connectivity index (χ1v) is 11.0. The molecule has 4 aliphatic rings. The van der Waals surface area contributed by atoms with E-state index in [1.165, 1.54) is 5.56 Å². The van der Waals surface area contributed by atoms with E-state index < -0.39 is 0 Å². The maximum Gasteiger partial charge on any atom is 0.166 e. The lowest BCUT2D eigenvalue weighted by atomic mass is 9.64. The van der Waals surface area contributed by atoms with Crippen LogP contribution in [0.25, 0.3) is 0 Å². The van der Waals surface area contributed by atoms with Crippen LogP contribution in [-0.2, 0) is 14.3 Å². The Bertz CT molecular complexity index is 935. The lowest BCUT2D eigenvalue weighted by Crippen LogP contribution is -2.41. The van der Waals surface area contributed by atoms with E-state index in [0.717, 1.165) is 36.3 Å². The minimum absolute atomic E-state index is 0.0285. The number of allylic oxidation sites excluding steroid dienone is 4. The van der Waals surface area contributed by atoms with Crippen LogP contribution in [0, 0.1) is 17.3 Å². The van der Waals surface area contributed by atoms with E-state index in [-0.39, 0.29) is 35.2 Å². The van der Waals surface area contributed by atoms with Crippen LogP contribution < -0.4 is 5.32 Å². The van der Waals surface area contributed by atoms with Gasteiger partial charge in [-0.1, -0.05) is 25.1 Å². The fraction of sp³-hybridized carbons (Fsp3) is 0.520. The van der Waals surface area contributed by atoms with Gasteiger partial charge in [0.2, 0.25) is 0 Å². The fourth-order valence-corrected chi connectivity index (χ4v) is 6.20. The molecule has 30 heavy (non-hydrogen) atoms. The van der Waals surface area contributed by atoms with Gasteiger partial charge < -0.3 is 14.8 Å². The topological polar surface area (TPSA) is 60.5 Å². The molecule has 1 N–H and O–H groups in total. The van der Waals surface area contributed by atoms with Crippen molar-refractivity contribution in [3.63, 3.8) is 0 Å². The van der Waals surface area contributed by atoms with Crippen molar-refractivity contribution in [1.82, 2.24) is 10.3 Å². The first-order valence-electron chi connectivity index (χ1n) is 11.0. The fourth-order valence-electron chi connectivity index (χ4n) is 6.20. The summed E-state index contributed by atoms with van der Waals surface area (Å²) < 4.78 is 12.6. The van der Waals surface area contributed by atoms with Crippen molar-refractivity contribution < 1.29 is 14.3 Å². The van der Waals surface area contributed by atoms with Crippen LogP contribution in [0.2, 0.25) is 0 Å². The molecule has 5 heteroatoms. The standard InChI is InChI=1S/C25H30N2O3/c1-25-7-6-16-11-18-20(28)9-15(13-26-2)10-21(18)30-24(16)19(25)12-22(29-3)23(25)17-5-4-8-27-14-17/h4-8,11,14-15,19,22-24,26H,9-10,12-13H2,1-3H3/t15?,19-,22+,23-,24+,25-/m0/s1. The van der Waals surface area contributed by atoms with Crippen molar-refractivity contribution in [3.05, 3.63) is 65.2 Å². The molecule has 1 fully saturated rings. The van der Waals surface area contributed by atoms with Crippen LogP contribution in [0.1, 0.15) is 37.7 Å². The number of hydrogen-bond acceptors (Lipinski definition) is 5. The first-order chi connectivity index (χ1) is 14.5. The van der Waals surface area contributed by atoms with Gasteiger partial charge in [-0.15, -0.1) is 0 Å². The lowest BCUT2D eigenvalue weighted by molar-refractivity contribution is -0.117. The molecule has 158 valence electrons. The summed E-state index contributed by atoms with van der Waals surface area (Å²) in [5.74, 6) is 1.91. The van der Waals surface area contributed by atoms with Crippen LogP contribution in [0.15, 0.2) is 59.7 Å². The molecule has 0 saturated heterocycles. The molecule has 0 bridgehead atoms. The van der Waals surface area contributed by atoms with Crippen molar-refractivity contribution >= 4 is 5.78 Å². The second-order valence-electron chi connectivity index (χ2n) is 9.35. The van der Waals surface area contributed by atoms with E-state index in [0.29, 0.717) is 12.3 Å². The van der Waals surface area contributed by atoms with Crippen molar-refractivity contribution in [2.45, 2.75) is 44.3 Å². The number of rotatable bonds is 4. The van der Waals surface area contributed by atoms with Crippen molar-refractivity contribution in [3.8, 4) is 0 Å². The minimum atomic E-state index is -0.0904. The van der Waals surface area contributed by atoms with E-state index in [9.17, 15) is 4.79 Å². The highest BCUT2D eigenvalue weighted by atomic mass is 16.5. The summed E-state index contributed by atoms with van der Waals surface area (Å²) in [6.45, 7) is 3.16. The number of Topliss-reactive ketones (excluding diaryl/α,β-unsaturated/α-hetero) is 1. The van der Waals surface area contributed by atoms with Crippen LogP contribution in [0.3, 0.4) is 0 Å². The van der Waals surface area contributed by atoms with Gasteiger partial charge in [-0.3, -0.25) is 9.78 Å². The summed E-state index contributed by atoms with van der Waals surface area (Å²) in [6.07, 6.45) is 12.8. The largest absolute Gasteiger partial charge is 0.489 e. The molecule has 2 heterocycles. The number of fused-ring (bicyclic) bond motifs is 3. The molecule has 0 amide bonds. The molecule has 0 radical (unpaired) electrons. The van der Waals surface area contributed by atoms with Crippen LogP contribution >= 0.6 is 0 Å². The molecular formula is C25H30N2O3. The van der Waals surface area contributed by atoms with Crippen LogP contribution in [0.5, 0.6) is 0 Å². The zero-order valence-electron chi connectivity index (χ0n) is 17.9. The first kappa shape index (κ1) is 19.7. The second kappa shape index (κ2) is 7.47. The number of nitrogens with zero attached hydrogens (tertiary/aromatic N) is 1. The average Bonchev–Trinajstić information content (AvgIpc) is 3.06. The summed E-state index contributed by atoms with van der Waals surface area (Å²) in [6, 6.07) is 4.15. The molecule has 0 aromatic carbocycles. The average molecular weight is 407 g/mol. The maximum absolute atomic E-state index is 12.8. The number of nitrogens with one attached hydrogen (secondary N) is 1. The van der Waals surface area contributed by atoms with Gasteiger partial charge in [0.25, 0.3) is 0 Å². The molecule has 6 atom stereocenters. The smallest absolute Gasteiger partial charge is 0.166 e. The number of aromatic nitrogens is 1. The van der Waals surface area contributed by atoms with Crippen molar-refractivity contribution in [2.75, 3.05) is 20.7 Å². The Morgan fingerprint density at radius 2 is 2.23 bits per heavy atom. The highest BCUT2D eigenvalue weighted by Gasteiger charge is 2.57. The van der Waals surface area contributed by atoms with E-state index >= 15 is 0 Å².